The van der Waals surface area contributed by atoms with Crippen LogP contribution in [0.2, 0.25) is 0 Å². The standard InChI is InChI=1S/C16H24N2O3/c1-12-8-13(10-17)11-18(12)16(19)14-4-3-5-15(9-14)21-7-6-20-2/h3-5,9,12-13H,6-8,10-11,17H2,1-2H3. The Kier molecular flexibility index (Phi) is 5.59. The van der Waals surface area contributed by atoms with Crippen LogP contribution in [0, 0.1) is 5.92 Å². The third-order valence-corrected chi connectivity index (χ3v) is 3.89. The van der Waals surface area contributed by atoms with Gasteiger partial charge in [0.15, 0.2) is 0 Å². The molecule has 1 aromatic carbocycles. The highest BCUT2D eigenvalue weighted by molar-refractivity contribution is 5.95. The maximum Gasteiger partial charge on any atom is 0.254 e. The highest BCUT2D eigenvalue weighted by atomic mass is 16.5. The first-order chi connectivity index (χ1) is 10.2. The Hall–Kier alpha value is -1.59. The van der Waals surface area contributed by atoms with Crippen molar-refractivity contribution in [1.29, 1.82) is 0 Å². The smallest absolute Gasteiger partial charge is 0.254 e. The number of nitrogens with zero attached hydrogens (tertiary/aromatic N) is 1. The molecule has 0 aromatic heterocycles. The van der Waals surface area contributed by atoms with Crippen molar-refractivity contribution >= 4 is 5.91 Å². The number of ether oxygens (including phenoxy) is 2. The van der Waals surface area contributed by atoms with E-state index in [9.17, 15) is 4.79 Å². The van der Waals surface area contributed by atoms with E-state index in [0.29, 0.717) is 37.0 Å². The zero-order chi connectivity index (χ0) is 15.2. The lowest BCUT2D eigenvalue weighted by molar-refractivity contribution is 0.0743. The summed E-state index contributed by atoms with van der Waals surface area (Å²) < 4.78 is 10.5. The lowest BCUT2D eigenvalue weighted by Crippen LogP contribution is -2.34. The van der Waals surface area contributed by atoms with E-state index in [0.717, 1.165) is 13.0 Å². The Labute approximate surface area is 126 Å². The molecule has 5 nitrogen and oxygen atoms in total. The van der Waals surface area contributed by atoms with E-state index in [1.807, 2.05) is 23.1 Å². The summed E-state index contributed by atoms with van der Waals surface area (Å²) in [5.41, 5.74) is 6.38. The van der Waals surface area contributed by atoms with E-state index >= 15 is 0 Å². The number of hydrogen-bond acceptors (Lipinski definition) is 4. The SMILES string of the molecule is COCCOc1cccc(C(=O)N2CC(CN)CC2C)c1. The minimum absolute atomic E-state index is 0.0515. The van der Waals surface area contributed by atoms with Crippen LogP contribution < -0.4 is 10.5 Å². The second-order valence-electron chi connectivity index (χ2n) is 5.51. The van der Waals surface area contributed by atoms with Crippen LogP contribution in [0.25, 0.3) is 0 Å². The summed E-state index contributed by atoms with van der Waals surface area (Å²) in [6.07, 6.45) is 0.978. The maximum atomic E-state index is 12.6. The highest BCUT2D eigenvalue weighted by Gasteiger charge is 2.32. The van der Waals surface area contributed by atoms with Crippen LogP contribution in [-0.4, -0.2) is 50.3 Å². The molecular formula is C16H24N2O3. The van der Waals surface area contributed by atoms with Crippen molar-refractivity contribution < 1.29 is 14.3 Å². The molecule has 21 heavy (non-hydrogen) atoms. The maximum absolute atomic E-state index is 12.6. The van der Waals surface area contributed by atoms with Crippen molar-refractivity contribution in [3.05, 3.63) is 29.8 Å². The number of carbonyl (C=O) groups excluding carboxylic acids is 1. The molecule has 0 bridgehead atoms. The van der Waals surface area contributed by atoms with E-state index in [4.69, 9.17) is 15.2 Å². The first-order valence-corrected chi connectivity index (χ1v) is 7.38. The Morgan fingerprint density at radius 2 is 2.24 bits per heavy atom. The molecule has 2 N–H and O–H groups in total. The van der Waals surface area contributed by atoms with Gasteiger partial charge in [0.2, 0.25) is 0 Å². The number of methoxy groups -OCH3 is 1. The van der Waals surface area contributed by atoms with Gasteiger partial charge >= 0.3 is 0 Å². The minimum Gasteiger partial charge on any atom is -0.491 e. The zero-order valence-corrected chi connectivity index (χ0v) is 12.7. The third kappa shape index (κ3) is 3.95. The molecule has 2 rings (SSSR count). The lowest BCUT2D eigenvalue weighted by atomic mass is 10.1. The molecule has 2 unspecified atom stereocenters. The third-order valence-electron chi connectivity index (χ3n) is 3.89. The van der Waals surface area contributed by atoms with E-state index in [-0.39, 0.29) is 11.9 Å². The number of rotatable bonds is 6. The summed E-state index contributed by atoms with van der Waals surface area (Å²) in [6.45, 7) is 4.45. The summed E-state index contributed by atoms with van der Waals surface area (Å²) in [5, 5.41) is 0. The van der Waals surface area contributed by atoms with E-state index in [1.54, 1.807) is 13.2 Å². The number of amides is 1. The van der Waals surface area contributed by atoms with Gasteiger partial charge in [-0.1, -0.05) is 6.07 Å². The Morgan fingerprint density at radius 3 is 2.90 bits per heavy atom. The first kappa shape index (κ1) is 15.8. The molecule has 0 radical (unpaired) electrons. The van der Waals surface area contributed by atoms with Crippen LogP contribution in [0.1, 0.15) is 23.7 Å². The van der Waals surface area contributed by atoms with E-state index in [2.05, 4.69) is 6.92 Å². The number of likely N-dealkylation sites (tertiary alicyclic amines) is 1. The lowest BCUT2D eigenvalue weighted by Gasteiger charge is -2.21. The van der Waals surface area contributed by atoms with Crippen molar-refractivity contribution in [3.8, 4) is 5.75 Å². The number of benzene rings is 1. The number of nitrogens with two attached hydrogens (primary N) is 1. The topological polar surface area (TPSA) is 64.8 Å². The molecule has 1 aliphatic heterocycles. The average molecular weight is 292 g/mol. The monoisotopic (exact) mass is 292 g/mol. The number of carbonyl (C=O) groups is 1. The predicted octanol–water partition coefficient (Wildman–Crippen LogP) is 1.52. The molecule has 1 aromatic rings. The van der Waals surface area contributed by atoms with Crippen LogP contribution in [0.15, 0.2) is 24.3 Å². The first-order valence-electron chi connectivity index (χ1n) is 7.38. The van der Waals surface area contributed by atoms with Crippen molar-refractivity contribution in [1.82, 2.24) is 4.90 Å². The summed E-state index contributed by atoms with van der Waals surface area (Å²) >= 11 is 0. The van der Waals surface area contributed by atoms with Gasteiger partial charge in [-0.25, -0.2) is 0 Å². The van der Waals surface area contributed by atoms with Gasteiger partial charge in [0, 0.05) is 25.3 Å². The molecule has 116 valence electrons. The molecule has 2 atom stereocenters. The quantitative estimate of drug-likeness (QED) is 0.807. The Balaban J connectivity index is 2.03. The fraction of sp³-hybridized carbons (Fsp3) is 0.562. The Morgan fingerprint density at radius 1 is 1.43 bits per heavy atom. The summed E-state index contributed by atoms with van der Waals surface area (Å²) in [5.74, 6) is 1.15. The largest absolute Gasteiger partial charge is 0.491 e. The molecule has 5 heteroatoms. The molecule has 0 aliphatic carbocycles. The van der Waals surface area contributed by atoms with Gasteiger partial charge < -0.3 is 20.1 Å². The zero-order valence-electron chi connectivity index (χ0n) is 12.7. The molecule has 1 fully saturated rings. The van der Waals surface area contributed by atoms with Crippen LogP contribution in [0.5, 0.6) is 5.75 Å². The van der Waals surface area contributed by atoms with Crippen molar-refractivity contribution in [2.45, 2.75) is 19.4 Å². The van der Waals surface area contributed by atoms with E-state index < -0.39 is 0 Å². The minimum atomic E-state index is 0.0515. The van der Waals surface area contributed by atoms with Gasteiger partial charge in [0.05, 0.1) is 6.61 Å². The predicted molar refractivity (Wildman–Crippen MR) is 81.5 cm³/mol. The average Bonchev–Trinajstić information content (AvgIpc) is 2.88. The molecule has 0 saturated carbocycles. The second-order valence-corrected chi connectivity index (χ2v) is 5.51. The van der Waals surface area contributed by atoms with Gasteiger partial charge in [0.25, 0.3) is 5.91 Å². The molecular weight excluding hydrogens is 268 g/mol. The van der Waals surface area contributed by atoms with Crippen LogP contribution in [-0.2, 0) is 4.74 Å². The fourth-order valence-electron chi connectivity index (χ4n) is 2.72. The van der Waals surface area contributed by atoms with Gasteiger partial charge in [-0.3, -0.25) is 4.79 Å². The summed E-state index contributed by atoms with van der Waals surface area (Å²) in [4.78, 5) is 14.5. The fourth-order valence-corrected chi connectivity index (χ4v) is 2.72. The molecule has 1 amide bonds. The highest BCUT2D eigenvalue weighted by Crippen LogP contribution is 2.25. The van der Waals surface area contributed by atoms with Crippen LogP contribution >= 0.6 is 0 Å². The molecule has 1 heterocycles. The van der Waals surface area contributed by atoms with Gasteiger partial charge in [-0.15, -0.1) is 0 Å². The normalized spacial score (nSPS) is 21.6. The van der Waals surface area contributed by atoms with Crippen LogP contribution in [0.3, 0.4) is 0 Å². The van der Waals surface area contributed by atoms with Crippen molar-refractivity contribution in [3.63, 3.8) is 0 Å². The second kappa shape index (κ2) is 7.43. The van der Waals surface area contributed by atoms with Gasteiger partial charge in [-0.05, 0) is 44.0 Å². The molecule has 1 saturated heterocycles. The van der Waals surface area contributed by atoms with Crippen molar-refractivity contribution in [2.24, 2.45) is 11.7 Å². The summed E-state index contributed by atoms with van der Waals surface area (Å²) in [6, 6.07) is 7.55. The van der Waals surface area contributed by atoms with Gasteiger partial charge in [0.1, 0.15) is 12.4 Å². The van der Waals surface area contributed by atoms with Crippen molar-refractivity contribution in [2.75, 3.05) is 33.4 Å². The van der Waals surface area contributed by atoms with Crippen LogP contribution in [0.4, 0.5) is 0 Å². The van der Waals surface area contributed by atoms with Gasteiger partial charge in [-0.2, -0.15) is 0 Å². The summed E-state index contributed by atoms with van der Waals surface area (Å²) in [7, 11) is 1.63. The van der Waals surface area contributed by atoms with E-state index in [1.165, 1.54) is 0 Å². The molecule has 1 aliphatic rings. The molecule has 0 spiro atoms. The number of hydrogen-bond donors (Lipinski definition) is 1. The Bertz CT molecular complexity index is 478.